The molecule has 0 bridgehead atoms. The number of nitrogens with zero attached hydrogens (tertiary/aromatic N) is 3. The molecule has 0 unspecified atom stereocenters. The number of nitro groups is 1. The van der Waals surface area contributed by atoms with Crippen molar-refractivity contribution >= 4 is 17.8 Å². The Balaban J connectivity index is 1.73. The number of carbonyl (C=O) groups is 1. The number of nitro benzene ring substituents is 1. The SMILES string of the molecule is COc1cc([N+](=O)[O-])ccc1-c1ccc(/C=N\NC(=O)c2ccccn2)o1. The second-order valence-corrected chi connectivity index (χ2v) is 5.26. The number of hydrogen-bond acceptors (Lipinski definition) is 7. The predicted molar refractivity (Wildman–Crippen MR) is 96.6 cm³/mol. The number of ether oxygens (including phenoxy) is 1. The first-order chi connectivity index (χ1) is 13.1. The van der Waals surface area contributed by atoms with Gasteiger partial charge in [-0.2, -0.15) is 5.10 Å². The van der Waals surface area contributed by atoms with E-state index in [0.29, 0.717) is 22.8 Å². The molecule has 0 fully saturated rings. The third-order valence-corrected chi connectivity index (χ3v) is 3.54. The minimum absolute atomic E-state index is 0.0822. The van der Waals surface area contributed by atoms with Crippen LogP contribution in [0.4, 0.5) is 5.69 Å². The molecule has 1 N–H and O–H groups in total. The summed E-state index contributed by atoms with van der Waals surface area (Å²) < 4.78 is 10.8. The van der Waals surface area contributed by atoms with Crippen LogP contribution in [0.2, 0.25) is 0 Å². The Morgan fingerprint density at radius 3 is 2.85 bits per heavy atom. The molecule has 3 rings (SSSR count). The van der Waals surface area contributed by atoms with Gasteiger partial charge in [-0.25, -0.2) is 5.43 Å². The largest absolute Gasteiger partial charge is 0.496 e. The molecule has 1 amide bonds. The fourth-order valence-electron chi connectivity index (χ4n) is 2.27. The molecular formula is C18H14N4O5. The summed E-state index contributed by atoms with van der Waals surface area (Å²) in [6, 6.07) is 12.5. The van der Waals surface area contributed by atoms with Crippen LogP contribution in [0, 0.1) is 10.1 Å². The first-order valence-electron chi connectivity index (χ1n) is 7.75. The van der Waals surface area contributed by atoms with Gasteiger partial charge < -0.3 is 9.15 Å². The molecular weight excluding hydrogens is 352 g/mol. The normalized spacial score (nSPS) is 10.7. The second kappa shape index (κ2) is 7.91. The van der Waals surface area contributed by atoms with Crippen molar-refractivity contribution in [3.05, 3.63) is 76.3 Å². The van der Waals surface area contributed by atoms with E-state index in [1.807, 2.05) is 0 Å². The first-order valence-corrected chi connectivity index (χ1v) is 7.75. The molecule has 27 heavy (non-hydrogen) atoms. The molecule has 0 aliphatic heterocycles. The van der Waals surface area contributed by atoms with Gasteiger partial charge in [-0.05, 0) is 30.3 Å². The van der Waals surface area contributed by atoms with Gasteiger partial charge in [0.2, 0.25) is 0 Å². The van der Waals surface area contributed by atoms with E-state index < -0.39 is 10.8 Å². The van der Waals surface area contributed by atoms with Gasteiger partial charge in [-0.3, -0.25) is 19.9 Å². The number of carbonyl (C=O) groups excluding carboxylic acids is 1. The van der Waals surface area contributed by atoms with Gasteiger partial charge in [0.05, 0.1) is 29.9 Å². The Morgan fingerprint density at radius 2 is 2.15 bits per heavy atom. The molecule has 136 valence electrons. The summed E-state index contributed by atoms with van der Waals surface area (Å²) in [5.41, 5.74) is 3.06. The van der Waals surface area contributed by atoms with Crippen molar-refractivity contribution < 1.29 is 18.9 Å². The highest BCUT2D eigenvalue weighted by molar-refractivity contribution is 5.92. The Labute approximate surface area is 153 Å². The fourth-order valence-corrected chi connectivity index (χ4v) is 2.27. The number of pyridine rings is 1. The predicted octanol–water partition coefficient (Wildman–Crippen LogP) is 3.02. The van der Waals surface area contributed by atoms with Crippen LogP contribution < -0.4 is 10.2 Å². The summed E-state index contributed by atoms with van der Waals surface area (Å²) in [5, 5.41) is 14.7. The van der Waals surface area contributed by atoms with Crippen molar-refractivity contribution in [3.8, 4) is 17.1 Å². The van der Waals surface area contributed by atoms with Gasteiger partial charge in [-0.15, -0.1) is 0 Å². The number of nitrogens with one attached hydrogen (secondary N) is 1. The van der Waals surface area contributed by atoms with Gasteiger partial charge in [0.15, 0.2) is 0 Å². The monoisotopic (exact) mass is 366 g/mol. The molecule has 0 atom stereocenters. The zero-order valence-corrected chi connectivity index (χ0v) is 14.2. The van der Waals surface area contributed by atoms with Crippen LogP contribution in [0.25, 0.3) is 11.3 Å². The average molecular weight is 366 g/mol. The number of hydrazone groups is 1. The first kappa shape index (κ1) is 17.8. The number of methoxy groups -OCH3 is 1. The van der Waals surface area contributed by atoms with Gasteiger partial charge in [0.25, 0.3) is 11.6 Å². The molecule has 0 spiro atoms. The number of non-ortho nitro benzene ring substituents is 1. The van der Waals surface area contributed by atoms with E-state index in [-0.39, 0.29) is 11.4 Å². The zero-order valence-electron chi connectivity index (χ0n) is 14.2. The lowest BCUT2D eigenvalue weighted by atomic mass is 10.1. The molecule has 0 saturated carbocycles. The smallest absolute Gasteiger partial charge is 0.289 e. The average Bonchev–Trinajstić information content (AvgIpc) is 3.16. The number of benzene rings is 1. The van der Waals surface area contributed by atoms with Crippen LogP contribution in [0.3, 0.4) is 0 Å². The lowest BCUT2D eigenvalue weighted by molar-refractivity contribution is -0.384. The Hall–Kier alpha value is -4.01. The van der Waals surface area contributed by atoms with Crippen molar-refractivity contribution in [2.75, 3.05) is 7.11 Å². The highest BCUT2D eigenvalue weighted by atomic mass is 16.6. The maximum atomic E-state index is 11.8. The van der Waals surface area contributed by atoms with E-state index in [1.165, 1.54) is 31.7 Å². The standard InChI is InChI=1S/C18H14N4O5/c1-26-17-10-12(22(24)25)5-7-14(17)16-8-6-13(27-16)11-20-21-18(23)15-4-2-3-9-19-15/h2-11H,1H3,(H,21,23)/b20-11-. The zero-order chi connectivity index (χ0) is 19.2. The second-order valence-electron chi connectivity index (χ2n) is 5.26. The molecule has 0 aliphatic carbocycles. The van der Waals surface area contributed by atoms with Crippen molar-refractivity contribution in [2.24, 2.45) is 5.10 Å². The lowest BCUT2D eigenvalue weighted by Crippen LogP contribution is -2.18. The van der Waals surface area contributed by atoms with Crippen molar-refractivity contribution in [1.82, 2.24) is 10.4 Å². The molecule has 2 heterocycles. The van der Waals surface area contributed by atoms with Crippen molar-refractivity contribution in [1.29, 1.82) is 0 Å². The summed E-state index contributed by atoms with van der Waals surface area (Å²) in [7, 11) is 1.42. The van der Waals surface area contributed by atoms with E-state index in [0.717, 1.165) is 0 Å². The van der Waals surface area contributed by atoms with Crippen LogP contribution in [-0.4, -0.2) is 29.1 Å². The highest BCUT2D eigenvalue weighted by Gasteiger charge is 2.15. The fraction of sp³-hybridized carbons (Fsp3) is 0.0556. The van der Waals surface area contributed by atoms with E-state index in [4.69, 9.17) is 9.15 Å². The van der Waals surface area contributed by atoms with Crippen LogP contribution in [0.1, 0.15) is 16.2 Å². The molecule has 0 saturated heterocycles. The number of hydrogen-bond donors (Lipinski definition) is 1. The van der Waals surface area contributed by atoms with Crippen LogP contribution in [0.15, 0.2) is 64.2 Å². The summed E-state index contributed by atoms with van der Waals surface area (Å²) in [5.74, 6) is 0.687. The Morgan fingerprint density at radius 1 is 1.30 bits per heavy atom. The summed E-state index contributed by atoms with van der Waals surface area (Å²) in [6.45, 7) is 0. The number of aromatic nitrogens is 1. The van der Waals surface area contributed by atoms with E-state index in [9.17, 15) is 14.9 Å². The maximum absolute atomic E-state index is 11.8. The van der Waals surface area contributed by atoms with Crippen molar-refractivity contribution in [3.63, 3.8) is 0 Å². The van der Waals surface area contributed by atoms with E-state index in [1.54, 1.807) is 36.4 Å². The van der Waals surface area contributed by atoms with Gasteiger partial charge in [-0.1, -0.05) is 6.07 Å². The Kier molecular flexibility index (Phi) is 5.22. The van der Waals surface area contributed by atoms with Gasteiger partial charge in [0, 0.05) is 12.3 Å². The van der Waals surface area contributed by atoms with E-state index >= 15 is 0 Å². The number of furan rings is 1. The highest BCUT2D eigenvalue weighted by Crippen LogP contribution is 2.33. The maximum Gasteiger partial charge on any atom is 0.289 e. The van der Waals surface area contributed by atoms with E-state index in [2.05, 4.69) is 15.5 Å². The quantitative estimate of drug-likeness (QED) is 0.407. The third-order valence-electron chi connectivity index (χ3n) is 3.54. The van der Waals surface area contributed by atoms with Crippen LogP contribution >= 0.6 is 0 Å². The molecule has 2 aromatic heterocycles. The van der Waals surface area contributed by atoms with Gasteiger partial charge in [0.1, 0.15) is 23.0 Å². The molecule has 0 aliphatic rings. The molecule has 0 radical (unpaired) electrons. The minimum Gasteiger partial charge on any atom is -0.496 e. The third kappa shape index (κ3) is 4.15. The topological polar surface area (TPSA) is 120 Å². The minimum atomic E-state index is -0.503. The number of rotatable bonds is 6. The number of amides is 1. The molecule has 3 aromatic rings. The Bertz CT molecular complexity index is 998. The van der Waals surface area contributed by atoms with Crippen LogP contribution in [0.5, 0.6) is 5.75 Å². The summed E-state index contributed by atoms with van der Waals surface area (Å²) in [4.78, 5) is 26.1. The molecule has 9 heteroatoms. The summed E-state index contributed by atoms with van der Waals surface area (Å²) in [6.07, 6.45) is 2.84. The van der Waals surface area contributed by atoms with Crippen LogP contribution in [-0.2, 0) is 0 Å². The molecule has 1 aromatic carbocycles. The van der Waals surface area contributed by atoms with Crippen molar-refractivity contribution in [2.45, 2.75) is 0 Å². The molecule has 9 nitrogen and oxygen atoms in total. The van der Waals surface area contributed by atoms with Gasteiger partial charge >= 0.3 is 0 Å². The lowest BCUT2D eigenvalue weighted by Gasteiger charge is -2.05. The summed E-state index contributed by atoms with van der Waals surface area (Å²) >= 11 is 0.